The van der Waals surface area contributed by atoms with Crippen LogP contribution < -0.4 is 0 Å². The molecule has 0 saturated heterocycles. The molecule has 19 heteroatoms. The number of phosphoric acid groups is 2. The molecule has 0 aliphatic carbocycles. The van der Waals surface area contributed by atoms with Gasteiger partial charge in [-0.2, -0.15) is 0 Å². The van der Waals surface area contributed by atoms with Gasteiger partial charge < -0.3 is 33.8 Å². The maximum Gasteiger partial charge on any atom is 0.472 e. The highest BCUT2D eigenvalue weighted by Crippen LogP contribution is 2.45. The molecule has 3 N–H and O–H groups in total. The summed E-state index contributed by atoms with van der Waals surface area (Å²) >= 11 is 0. The summed E-state index contributed by atoms with van der Waals surface area (Å²) in [7, 11) is -9.91. The first-order chi connectivity index (χ1) is 46.4. The molecule has 0 bridgehead atoms. The van der Waals surface area contributed by atoms with E-state index in [0.717, 1.165) is 102 Å². The SMILES string of the molecule is CCCCCCCCCCCCCCCCCCCCCCCCC(=O)O[C@H](COC(=O)CCCCCCCCCCC(C)CC)COP(=O)(O)OC[C@@H](O)COP(=O)(O)OC[C@@H](COC(=O)CCCCCCCCCCCCC)OC(=O)CCCCCCCCCCC(C)C. The van der Waals surface area contributed by atoms with Gasteiger partial charge in [-0.1, -0.05) is 350 Å². The molecule has 0 aromatic carbocycles. The Hall–Kier alpha value is -1.94. The van der Waals surface area contributed by atoms with Crippen LogP contribution in [0.2, 0.25) is 0 Å². The van der Waals surface area contributed by atoms with E-state index in [1.54, 1.807) is 0 Å². The number of carbonyl (C=O) groups is 4. The van der Waals surface area contributed by atoms with Gasteiger partial charge in [0.25, 0.3) is 0 Å². The van der Waals surface area contributed by atoms with Crippen LogP contribution in [0.3, 0.4) is 0 Å². The lowest BCUT2D eigenvalue weighted by molar-refractivity contribution is -0.161. The second-order valence-corrected chi connectivity index (χ2v) is 31.4. The van der Waals surface area contributed by atoms with Gasteiger partial charge in [-0.25, -0.2) is 9.13 Å². The van der Waals surface area contributed by atoms with Crippen molar-refractivity contribution in [3.05, 3.63) is 0 Å². The van der Waals surface area contributed by atoms with Crippen molar-refractivity contribution < 1.29 is 80.2 Å². The molecule has 96 heavy (non-hydrogen) atoms. The highest BCUT2D eigenvalue weighted by molar-refractivity contribution is 7.47. The smallest absolute Gasteiger partial charge is 0.462 e. The number of esters is 4. The molecule has 0 spiro atoms. The summed E-state index contributed by atoms with van der Waals surface area (Å²) in [6, 6.07) is 0. The van der Waals surface area contributed by atoms with E-state index in [2.05, 4.69) is 41.5 Å². The number of rotatable bonds is 76. The number of unbranched alkanes of at least 4 members (excludes halogenated alkanes) is 45. The van der Waals surface area contributed by atoms with Gasteiger partial charge in [0.2, 0.25) is 0 Å². The van der Waals surface area contributed by atoms with Crippen molar-refractivity contribution >= 4 is 39.5 Å². The van der Waals surface area contributed by atoms with Crippen LogP contribution in [0.15, 0.2) is 0 Å². The van der Waals surface area contributed by atoms with Crippen LogP contribution >= 0.6 is 15.6 Å². The van der Waals surface area contributed by atoms with Crippen LogP contribution in [0.25, 0.3) is 0 Å². The fourth-order valence-electron chi connectivity index (χ4n) is 11.8. The standard InChI is InChI=1S/C77H150O17P2/c1-7-10-12-14-16-18-20-21-22-23-24-25-26-27-28-29-30-32-34-43-49-55-61-76(81)93-72(66-88-75(80)60-54-48-42-38-36-40-46-52-58-70(6)9-3)67-91-95(83,84)89-63-71(78)64-90-96(85,86)92-68-73(94-77(82)62-56-50-44-37-35-39-45-51-57-69(4)5)65-87-74(79)59-53-47-41-33-31-19-17-15-13-11-8-2/h69-73,78H,7-68H2,1-6H3,(H,83,84)(H,85,86)/t70?,71-,72-,73-/m1/s1. The minimum atomic E-state index is -4.96. The van der Waals surface area contributed by atoms with E-state index in [1.807, 2.05) is 0 Å². The quantitative estimate of drug-likeness (QED) is 0.0222. The van der Waals surface area contributed by atoms with Gasteiger partial charge in [0.05, 0.1) is 26.4 Å². The summed E-state index contributed by atoms with van der Waals surface area (Å²) in [5, 5.41) is 10.6. The molecule has 570 valence electrons. The maximum atomic E-state index is 13.1. The summed E-state index contributed by atoms with van der Waals surface area (Å²) < 4.78 is 68.5. The molecular weight excluding hydrogens is 1260 g/mol. The third-order valence-corrected chi connectivity index (χ3v) is 20.2. The number of phosphoric ester groups is 2. The van der Waals surface area contributed by atoms with Crippen LogP contribution in [-0.2, 0) is 65.4 Å². The van der Waals surface area contributed by atoms with Crippen LogP contribution in [0, 0.1) is 11.8 Å². The first-order valence-electron chi connectivity index (χ1n) is 40.0. The average molecular weight is 1410 g/mol. The molecule has 6 atom stereocenters. The van der Waals surface area contributed by atoms with Gasteiger partial charge in [-0.3, -0.25) is 37.3 Å². The summed E-state index contributed by atoms with van der Waals surface area (Å²) in [5.41, 5.74) is 0. The number of carbonyl (C=O) groups excluding carboxylic acids is 4. The largest absolute Gasteiger partial charge is 0.472 e. The second kappa shape index (κ2) is 68.8. The van der Waals surface area contributed by atoms with Crippen LogP contribution in [0.1, 0.15) is 401 Å². The fraction of sp³-hybridized carbons (Fsp3) is 0.948. The van der Waals surface area contributed by atoms with Gasteiger partial charge in [0.1, 0.15) is 19.3 Å². The molecule has 0 saturated carbocycles. The van der Waals surface area contributed by atoms with Gasteiger partial charge in [-0.15, -0.1) is 0 Å². The molecular formula is C77H150O17P2. The zero-order valence-corrected chi connectivity index (χ0v) is 64.5. The molecule has 0 aliphatic rings. The van der Waals surface area contributed by atoms with Crippen molar-refractivity contribution in [3.8, 4) is 0 Å². The lowest BCUT2D eigenvalue weighted by atomic mass is 9.99. The predicted molar refractivity (Wildman–Crippen MR) is 391 cm³/mol. The molecule has 0 radical (unpaired) electrons. The Bertz CT molecular complexity index is 1860. The lowest BCUT2D eigenvalue weighted by Crippen LogP contribution is -2.30. The van der Waals surface area contributed by atoms with E-state index in [0.29, 0.717) is 25.7 Å². The Morgan fingerprint density at radius 1 is 0.302 bits per heavy atom. The van der Waals surface area contributed by atoms with Crippen LogP contribution in [0.5, 0.6) is 0 Å². The first-order valence-corrected chi connectivity index (χ1v) is 43.0. The minimum Gasteiger partial charge on any atom is -0.462 e. The Kier molecular flexibility index (Phi) is 67.4. The van der Waals surface area contributed by atoms with Gasteiger partial charge in [-0.05, 0) is 37.5 Å². The number of ether oxygens (including phenoxy) is 4. The van der Waals surface area contributed by atoms with Crippen molar-refractivity contribution in [2.75, 3.05) is 39.6 Å². The zero-order chi connectivity index (χ0) is 70.7. The Labute approximate surface area is 588 Å². The van der Waals surface area contributed by atoms with Crippen molar-refractivity contribution in [1.29, 1.82) is 0 Å². The molecule has 0 aliphatic heterocycles. The third kappa shape index (κ3) is 69.2. The molecule has 0 fully saturated rings. The van der Waals surface area contributed by atoms with E-state index in [9.17, 15) is 43.2 Å². The lowest BCUT2D eigenvalue weighted by Gasteiger charge is -2.21. The highest BCUT2D eigenvalue weighted by atomic mass is 31.2. The minimum absolute atomic E-state index is 0.105. The maximum absolute atomic E-state index is 13.1. The summed E-state index contributed by atoms with van der Waals surface area (Å²) in [6.45, 7) is 9.55. The molecule has 0 rings (SSSR count). The molecule has 0 amide bonds. The number of hydrogen-bond acceptors (Lipinski definition) is 15. The van der Waals surface area contributed by atoms with E-state index in [4.69, 9.17) is 37.0 Å². The van der Waals surface area contributed by atoms with E-state index >= 15 is 0 Å². The van der Waals surface area contributed by atoms with Crippen molar-refractivity contribution in [3.63, 3.8) is 0 Å². The normalized spacial score (nSPS) is 14.3. The Morgan fingerprint density at radius 2 is 0.531 bits per heavy atom. The summed E-state index contributed by atoms with van der Waals surface area (Å²) in [4.78, 5) is 72.8. The van der Waals surface area contributed by atoms with E-state index in [-0.39, 0.29) is 25.7 Å². The Morgan fingerprint density at radius 3 is 0.792 bits per heavy atom. The topological polar surface area (TPSA) is 237 Å². The second-order valence-electron chi connectivity index (χ2n) is 28.5. The van der Waals surface area contributed by atoms with Crippen molar-refractivity contribution in [2.24, 2.45) is 11.8 Å². The predicted octanol–water partition coefficient (Wildman–Crippen LogP) is 22.7. The summed E-state index contributed by atoms with van der Waals surface area (Å²) in [5.74, 6) is -0.622. The Balaban J connectivity index is 5.18. The molecule has 0 aromatic heterocycles. The number of hydrogen-bond donors (Lipinski definition) is 3. The van der Waals surface area contributed by atoms with Crippen molar-refractivity contribution in [1.82, 2.24) is 0 Å². The van der Waals surface area contributed by atoms with Crippen molar-refractivity contribution in [2.45, 2.75) is 419 Å². The van der Waals surface area contributed by atoms with Gasteiger partial charge in [0, 0.05) is 25.7 Å². The van der Waals surface area contributed by atoms with E-state index in [1.165, 1.54) is 218 Å². The molecule has 0 heterocycles. The average Bonchev–Trinajstić information content (AvgIpc) is 1.64. The zero-order valence-electron chi connectivity index (χ0n) is 62.7. The first kappa shape index (κ1) is 94.1. The summed E-state index contributed by atoms with van der Waals surface area (Å²) in [6.07, 6.45) is 57.0. The number of aliphatic hydroxyl groups is 1. The van der Waals surface area contributed by atoms with E-state index < -0.39 is 97.5 Å². The fourth-order valence-corrected chi connectivity index (χ4v) is 13.4. The molecule has 0 aromatic rings. The van der Waals surface area contributed by atoms with Gasteiger partial charge >= 0.3 is 39.5 Å². The van der Waals surface area contributed by atoms with Crippen LogP contribution in [-0.4, -0.2) is 96.7 Å². The highest BCUT2D eigenvalue weighted by Gasteiger charge is 2.30. The monoisotopic (exact) mass is 1410 g/mol. The molecule has 3 unspecified atom stereocenters. The number of aliphatic hydroxyl groups excluding tert-OH is 1. The van der Waals surface area contributed by atoms with Crippen LogP contribution in [0.4, 0.5) is 0 Å². The molecule has 17 nitrogen and oxygen atoms in total. The third-order valence-electron chi connectivity index (χ3n) is 18.3. The van der Waals surface area contributed by atoms with Gasteiger partial charge in [0.15, 0.2) is 12.2 Å².